The number of nitrogens with one attached hydrogen (secondary N) is 1. The van der Waals surface area contributed by atoms with E-state index in [1.807, 2.05) is 0 Å². The molecule has 1 saturated heterocycles. The molecule has 1 amide bonds. The van der Waals surface area contributed by atoms with Gasteiger partial charge in [-0.15, -0.1) is 0 Å². The van der Waals surface area contributed by atoms with E-state index < -0.39 is 48.0 Å². The van der Waals surface area contributed by atoms with Crippen molar-refractivity contribution in [3.8, 4) is 0 Å². The lowest BCUT2D eigenvalue weighted by Crippen LogP contribution is -2.42. The summed E-state index contributed by atoms with van der Waals surface area (Å²) in [5, 5.41) is 12.5. The van der Waals surface area contributed by atoms with Gasteiger partial charge in [-0.1, -0.05) is 29.8 Å². The van der Waals surface area contributed by atoms with E-state index in [9.17, 15) is 36.2 Å². The minimum Gasteiger partial charge on any atom is -0.387 e. The molecule has 1 aromatic carbocycles. The Labute approximate surface area is 190 Å². The maximum Gasteiger partial charge on any atom is 0.417 e. The van der Waals surface area contributed by atoms with Gasteiger partial charge in [-0.3, -0.25) is 4.79 Å². The molecule has 0 spiro atoms. The number of nitrogens with zero attached hydrogens (tertiary/aromatic N) is 2. The number of hydrogen-bond acceptors (Lipinski definition) is 4. The lowest BCUT2D eigenvalue weighted by Gasteiger charge is -2.33. The number of aliphatic hydroxyl groups excluding tert-OH is 1. The molecule has 2 aromatic rings. The van der Waals surface area contributed by atoms with Gasteiger partial charge in [-0.05, 0) is 30.5 Å². The Morgan fingerprint density at radius 2 is 1.79 bits per heavy atom. The summed E-state index contributed by atoms with van der Waals surface area (Å²) in [5.41, 5.74) is -2.26. The molecule has 2 N–H and O–H groups in total. The molecule has 1 atom stereocenters. The highest BCUT2D eigenvalue weighted by atomic mass is 35.5. The Bertz CT molecular complexity index is 991. The first kappa shape index (κ1) is 25.1. The molecule has 5 nitrogen and oxygen atoms in total. The third-order valence-electron chi connectivity index (χ3n) is 5.41. The van der Waals surface area contributed by atoms with E-state index in [-0.39, 0.29) is 16.4 Å². The molecular weight excluding hydrogens is 476 g/mol. The average Bonchev–Trinajstić information content (AvgIpc) is 2.76. The van der Waals surface area contributed by atoms with Crippen LogP contribution in [-0.4, -0.2) is 35.6 Å². The van der Waals surface area contributed by atoms with Crippen molar-refractivity contribution in [2.75, 3.05) is 24.5 Å². The van der Waals surface area contributed by atoms with Crippen LogP contribution in [0.4, 0.5) is 32.2 Å². The van der Waals surface area contributed by atoms with Crippen molar-refractivity contribution in [1.82, 2.24) is 10.3 Å². The summed E-state index contributed by atoms with van der Waals surface area (Å²) >= 11 is 5.96. The minimum absolute atomic E-state index is 0.154. The number of piperidine rings is 1. The van der Waals surface area contributed by atoms with Gasteiger partial charge in [0.15, 0.2) is 0 Å². The fourth-order valence-electron chi connectivity index (χ4n) is 3.67. The van der Waals surface area contributed by atoms with Crippen LogP contribution in [0.25, 0.3) is 0 Å². The number of carbonyl (C=O) groups excluding carboxylic acids is 1. The standard InChI is InChI=1S/C21H20ClF6N3O2/c22-16-9-13(20(23,24)25)10-29-18(16)31-7-5-12(6-8-31)19(33)30-11-17(32)14-3-1-2-4-15(14)21(26,27)28/h1-4,9-10,12,17,32H,5-8,11H2,(H,30,33). The SMILES string of the molecule is O=C(NCC(O)c1ccccc1C(F)(F)F)C1CCN(c2ncc(C(F)(F)F)cc2Cl)CC1. The molecule has 33 heavy (non-hydrogen) atoms. The van der Waals surface area contributed by atoms with Gasteiger partial charge >= 0.3 is 12.4 Å². The highest BCUT2D eigenvalue weighted by Crippen LogP contribution is 2.36. The lowest BCUT2D eigenvalue weighted by atomic mass is 9.95. The highest BCUT2D eigenvalue weighted by Gasteiger charge is 2.35. The zero-order chi connectivity index (χ0) is 24.4. The summed E-state index contributed by atoms with van der Waals surface area (Å²) in [6.45, 7) is 0.212. The zero-order valence-corrected chi connectivity index (χ0v) is 17.8. The van der Waals surface area contributed by atoms with Crippen LogP contribution in [-0.2, 0) is 17.1 Å². The number of aliphatic hydroxyl groups is 1. The van der Waals surface area contributed by atoms with Crippen LogP contribution in [0.5, 0.6) is 0 Å². The van der Waals surface area contributed by atoms with E-state index in [2.05, 4.69) is 10.3 Å². The second-order valence-corrected chi connectivity index (χ2v) is 8.04. The van der Waals surface area contributed by atoms with Crippen molar-refractivity contribution in [3.63, 3.8) is 0 Å². The van der Waals surface area contributed by atoms with Gasteiger partial charge in [0.05, 0.1) is 22.3 Å². The Balaban J connectivity index is 1.55. The predicted octanol–water partition coefficient (Wildman–Crippen LogP) is 4.84. The van der Waals surface area contributed by atoms with E-state index in [1.54, 1.807) is 4.90 Å². The molecule has 1 fully saturated rings. The van der Waals surface area contributed by atoms with Crippen molar-refractivity contribution in [1.29, 1.82) is 0 Å². The Morgan fingerprint density at radius 1 is 1.15 bits per heavy atom. The molecule has 0 radical (unpaired) electrons. The normalized spacial score (nSPS) is 16.5. The summed E-state index contributed by atoms with van der Waals surface area (Å²) in [7, 11) is 0. The first-order valence-electron chi connectivity index (χ1n) is 9.97. The molecule has 3 rings (SSSR count). The minimum atomic E-state index is -4.64. The summed E-state index contributed by atoms with van der Waals surface area (Å²) in [6.07, 6.45) is -9.38. The number of halogens is 7. The zero-order valence-electron chi connectivity index (χ0n) is 17.0. The lowest BCUT2D eigenvalue weighted by molar-refractivity contribution is -0.139. The van der Waals surface area contributed by atoms with E-state index in [1.165, 1.54) is 12.1 Å². The van der Waals surface area contributed by atoms with Gasteiger partial charge < -0.3 is 15.3 Å². The first-order valence-corrected chi connectivity index (χ1v) is 10.4. The van der Waals surface area contributed by atoms with Crippen molar-refractivity contribution in [2.24, 2.45) is 5.92 Å². The molecule has 1 aromatic heterocycles. The van der Waals surface area contributed by atoms with Gasteiger partial charge in [-0.25, -0.2) is 4.98 Å². The molecule has 0 saturated carbocycles. The van der Waals surface area contributed by atoms with Gasteiger partial charge in [0.1, 0.15) is 5.82 Å². The number of rotatable bonds is 5. The smallest absolute Gasteiger partial charge is 0.387 e. The largest absolute Gasteiger partial charge is 0.417 e. The highest BCUT2D eigenvalue weighted by molar-refractivity contribution is 6.33. The van der Waals surface area contributed by atoms with E-state index in [4.69, 9.17) is 11.6 Å². The number of hydrogen-bond donors (Lipinski definition) is 2. The van der Waals surface area contributed by atoms with Crippen molar-refractivity contribution in [2.45, 2.75) is 31.3 Å². The number of benzene rings is 1. The topological polar surface area (TPSA) is 65.5 Å². The maximum atomic E-state index is 13.1. The Hall–Kier alpha value is -2.53. The number of amides is 1. The van der Waals surface area contributed by atoms with Crippen molar-refractivity contribution >= 4 is 23.3 Å². The fraction of sp³-hybridized carbons (Fsp3) is 0.429. The van der Waals surface area contributed by atoms with E-state index in [0.29, 0.717) is 32.1 Å². The molecule has 0 bridgehead atoms. The Kier molecular flexibility index (Phi) is 7.42. The third-order valence-corrected chi connectivity index (χ3v) is 5.69. The van der Waals surface area contributed by atoms with Crippen LogP contribution in [0.1, 0.15) is 35.6 Å². The molecule has 180 valence electrons. The summed E-state index contributed by atoms with van der Waals surface area (Å²) in [5.74, 6) is -0.716. The van der Waals surface area contributed by atoms with Crippen molar-refractivity contribution < 1.29 is 36.2 Å². The van der Waals surface area contributed by atoms with Crippen LogP contribution in [0, 0.1) is 5.92 Å². The van der Waals surface area contributed by atoms with E-state index >= 15 is 0 Å². The fourth-order valence-corrected chi connectivity index (χ4v) is 3.96. The number of pyridine rings is 1. The molecule has 0 aliphatic carbocycles. The molecule has 12 heteroatoms. The summed E-state index contributed by atoms with van der Waals surface area (Å²) in [6, 6.07) is 5.38. The number of carbonyl (C=O) groups is 1. The monoisotopic (exact) mass is 495 g/mol. The number of aromatic nitrogens is 1. The van der Waals surface area contributed by atoms with Crippen LogP contribution >= 0.6 is 11.6 Å². The molecule has 1 aliphatic heterocycles. The molecule has 2 heterocycles. The van der Waals surface area contributed by atoms with Crippen molar-refractivity contribution in [3.05, 3.63) is 58.2 Å². The van der Waals surface area contributed by atoms with Crippen LogP contribution in [0.3, 0.4) is 0 Å². The number of alkyl halides is 6. The quantitative estimate of drug-likeness (QED) is 0.583. The predicted molar refractivity (Wildman–Crippen MR) is 109 cm³/mol. The molecular formula is C21H20ClF6N3O2. The second-order valence-electron chi connectivity index (χ2n) is 7.63. The van der Waals surface area contributed by atoms with Gasteiger partial charge in [0.25, 0.3) is 0 Å². The number of anilines is 1. The molecule has 1 aliphatic rings. The van der Waals surface area contributed by atoms with Gasteiger partial charge in [0.2, 0.25) is 5.91 Å². The van der Waals surface area contributed by atoms with Crippen LogP contribution in [0.15, 0.2) is 36.5 Å². The first-order chi connectivity index (χ1) is 15.4. The Morgan fingerprint density at radius 3 is 2.36 bits per heavy atom. The van der Waals surface area contributed by atoms with Gasteiger partial charge in [-0.2, -0.15) is 26.3 Å². The second kappa shape index (κ2) is 9.76. The maximum absolute atomic E-state index is 13.1. The summed E-state index contributed by atoms with van der Waals surface area (Å²) < 4.78 is 77.6. The average molecular weight is 496 g/mol. The van der Waals surface area contributed by atoms with Crippen LogP contribution in [0.2, 0.25) is 5.02 Å². The third kappa shape index (κ3) is 6.08. The van der Waals surface area contributed by atoms with Crippen LogP contribution < -0.4 is 10.2 Å². The van der Waals surface area contributed by atoms with Gasteiger partial charge in [0, 0.05) is 31.7 Å². The summed E-state index contributed by atoms with van der Waals surface area (Å²) in [4.78, 5) is 17.9. The molecule has 1 unspecified atom stereocenters. The van der Waals surface area contributed by atoms with E-state index in [0.717, 1.165) is 18.2 Å².